The molecule has 0 aromatic carbocycles. The lowest BCUT2D eigenvalue weighted by atomic mass is 9.74. The van der Waals surface area contributed by atoms with E-state index in [4.69, 9.17) is 4.42 Å². The molecule has 1 atom stereocenters. The average Bonchev–Trinajstić information content (AvgIpc) is 2.90. The molecule has 0 bridgehead atoms. The first kappa shape index (κ1) is 13.6. The zero-order valence-electron chi connectivity index (χ0n) is 11.3. The van der Waals surface area contributed by atoms with E-state index < -0.39 is 0 Å². The summed E-state index contributed by atoms with van der Waals surface area (Å²) in [7, 11) is 0. The zero-order chi connectivity index (χ0) is 12.8. The quantitative estimate of drug-likeness (QED) is 0.817. The molecule has 0 aliphatic heterocycles. The van der Waals surface area contributed by atoms with Crippen molar-refractivity contribution in [1.82, 2.24) is 5.32 Å². The van der Waals surface area contributed by atoms with Gasteiger partial charge in [0.1, 0.15) is 5.76 Å². The maximum atomic E-state index is 9.65. The second kappa shape index (κ2) is 6.39. The van der Waals surface area contributed by atoms with Crippen molar-refractivity contribution < 1.29 is 9.52 Å². The fraction of sp³-hybridized carbons (Fsp3) is 0.733. The Morgan fingerprint density at radius 3 is 2.78 bits per heavy atom. The number of furan rings is 1. The Labute approximate surface area is 110 Å². The number of aliphatic hydroxyl groups is 1. The van der Waals surface area contributed by atoms with Crippen LogP contribution in [-0.4, -0.2) is 24.3 Å². The van der Waals surface area contributed by atoms with E-state index in [9.17, 15) is 5.11 Å². The summed E-state index contributed by atoms with van der Waals surface area (Å²) in [6, 6.07) is 4.33. The van der Waals surface area contributed by atoms with Crippen LogP contribution in [0.5, 0.6) is 0 Å². The first-order valence-electron chi connectivity index (χ1n) is 7.11. The summed E-state index contributed by atoms with van der Waals surface area (Å²) in [4.78, 5) is 0. The van der Waals surface area contributed by atoms with Crippen molar-refractivity contribution in [3.05, 3.63) is 24.2 Å². The summed E-state index contributed by atoms with van der Waals surface area (Å²) in [5.74, 6) is 1.02. The van der Waals surface area contributed by atoms with Crippen LogP contribution in [-0.2, 0) is 6.42 Å². The van der Waals surface area contributed by atoms with Crippen LogP contribution in [0.25, 0.3) is 0 Å². The number of rotatable bonds is 6. The van der Waals surface area contributed by atoms with Crippen LogP contribution >= 0.6 is 0 Å². The predicted octanol–water partition coefficient (Wildman–Crippen LogP) is 2.74. The van der Waals surface area contributed by atoms with Gasteiger partial charge in [0.15, 0.2) is 0 Å². The van der Waals surface area contributed by atoms with Crippen molar-refractivity contribution in [1.29, 1.82) is 0 Å². The number of aliphatic hydroxyl groups excluding tert-OH is 1. The van der Waals surface area contributed by atoms with E-state index >= 15 is 0 Å². The van der Waals surface area contributed by atoms with Crippen LogP contribution in [0.2, 0.25) is 0 Å². The third-order valence-corrected chi connectivity index (χ3v) is 4.16. The molecular formula is C15H25NO2. The zero-order valence-corrected chi connectivity index (χ0v) is 11.3. The average molecular weight is 251 g/mol. The number of hydrogen-bond donors (Lipinski definition) is 2. The lowest BCUT2D eigenvalue weighted by Gasteiger charge is -2.36. The lowest BCUT2D eigenvalue weighted by Crippen LogP contribution is -2.42. The molecule has 0 spiro atoms. The van der Waals surface area contributed by atoms with Crippen LogP contribution in [0.1, 0.15) is 44.8 Å². The fourth-order valence-corrected chi connectivity index (χ4v) is 2.89. The Morgan fingerprint density at radius 1 is 1.39 bits per heavy atom. The van der Waals surface area contributed by atoms with E-state index in [1.165, 1.54) is 19.3 Å². The minimum atomic E-state index is 0.121. The van der Waals surface area contributed by atoms with Crippen molar-refractivity contribution >= 4 is 0 Å². The Hall–Kier alpha value is -0.800. The normalized spacial score (nSPS) is 20.8. The van der Waals surface area contributed by atoms with Crippen molar-refractivity contribution in [2.75, 3.05) is 13.2 Å². The van der Waals surface area contributed by atoms with Gasteiger partial charge in [0, 0.05) is 31.0 Å². The van der Waals surface area contributed by atoms with Crippen LogP contribution in [0.3, 0.4) is 0 Å². The van der Waals surface area contributed by atoms with E-state index in [1.807, 2.05) is 12.1 Å². The van der Waals surface area contributed by atoms with E-state index in [-0.39, 0.29) is 5.41 Å². The van der Waals surface area contributed by atoms with Gasteiger partial charge in [0.2, 0.25) is 0 Å². The summed E-state index contributed by atoms with van der Waals surface area (Å²) in [6.45, 7) is 3.41. The number of nitrogens with one attached hydrogen (secondary N) is 1. The van der Waals surface area contributed by atoms with Crippen molar-refractivity contribution in [2.45, 2.75) is 51.5 Å². The molecule has 1 aliphatic carbocycles. The molecule has 18 heavy (non-hydrogen) atoms. The van der Waals surface area contributed by atoms with Crippen LogP contribution in [0.4, 0.5) is 0 Å². The number of hydrogen-bond acceptors (Lipinski definition) is 3. The maximum absolute atomic E-state index is 9.65. The molecule has 0 radical (unpaired) electrons. The van der Waals surface area contributed by atoms with Gasteiger partial charge in [-0.3, -0.25) is 0 Å². The standard InChI is InChI=1S/C15H25NO2/c1-13(10-14-6-5-9-18-14)16-11-15(12-17)7-3-2-4-8-15/h5-6,9,13,16-17H,2-4,7-8,10-12H2,1H3. The van der Waals surface area contributed by atoms with Gasteiger partial charge >= 0.3 is 0 Å². The molecule has 3 heteroatoms. The first-order valence-corrected chi connectivity index (χ1v) is 7.11. The fourth-order valence-electron chi connectivity index (χ4n) is 2.89. The molecule has 1 saturated carbocycles. The lowest BCUT2D eigenvalue weighted by molar-refractivity contribution is 0.0787. The van der Waals surface area contributed by atoms with Gasteiger partial charge in [0.25, 0.3) is 0 Å². The molecule has 1 heterocycles. The van der Waals surface area contributed by atoms with Crippen molar-refractivity contribution in [2.24, 2.45) is 5.41 Å². The summed E-state index contributed by atoms with van der Waals surface area (Å²) >= 11 is 0. The molecule has 1 unspecified atom stereocenters. The highest BCUT2D eigenvalue weighted by Crippen LogP contribution is 2.35. The monoisotopic (exact) mass is 251 g/mol. The molecular weight excluding hydrogens is 226 g/mol. The van der Waals surface area contributed by atoms with Crippen molar-refractivity contribution in [3.8, 4) is 0 Å². The minimum absolute atomic E-state index is 0.121. The van der Waals surface area contributed by atoms with Gasteiger partial charge in [-0.25, -0.2) is 0 Å². The highest BCUT2D eigenvalue weighted by atomic mass is 16.3. The molecule has 1 fully saturated rings. The highest BCUT2D eigenvalue weighted by Gasteiger charge is 2.31. The molecule has 1 aromatic heterocycles. The molecule has 1 aliphatic rings. The molecule has 0 amide bonds. The third-order valence-electron chi connectivity index (χ3n) is 4.16. The largest absolute Gasteiger partial charge is 0.469 e. The van der Waals surface area contributed by atoms with Crippen molar-refractivity contribution in [3.63, 3.8) is 0 Å². The Bertz CT molecular complexity index is 328. The highest BCUT2D eigenvalue weighted by molar-refractivity contribution is 5.00. The molecule has 0 saturated heterocycles. The summed E-state index contributed by atoms with van der Waals surface area (Å²) < 4.78 is 5.36. The second-order valence-corrected chi connectivity index (χ2v) is 5.78. The third kappa shape index (κ3) is 3.59. The van der Waals surface area contributed by atoms with E-state index in [2.05, 4.69) is 12.2 Å². The Morgan fingerprint density at radius 2 is 2.17 bits per heavy atom. The molecule has 2 N–H and O–H groups in total. The van der Waals surface area contributed by atoms with Gasteiger partial charge in [-0.2, -0.15) is 0 Å². The van der Waals surface area contributed by atoms with E-state index in [0.29, 0.717) is 12.6 Å². The summed E-state index contributed by atoms with van der Waals surface area (Å²) in [6.07, 6.45) is 8.79. The maximum Gasteiger partial charge on any atom is 0.105 e. The van der Waals surface area contributed by atoms with E-state index in [1.54, 1.807) is 6.26 Å². The molecule has 102 valence electrons. The van der Waals surface area contributed by atoms with Crippen LogP contribution in [0.15, 0.2) is 22.8 Å². The van der Waals surface area contributed by atoms with Gasteiger partial charge in [0.05, 0.1) is 6.26 Å². The van der Waals surface area contributed by atoms with Crippen LogP contribution in [0, 0.1) is 5.41 Å². The van der Waals surface area contributed by atoms with Gasteiger partial charge in [-0.15, -0.1) is 0 Å². The van der Waals surface area contributed by atoms with Gasteiger partial charge < -0.3 is 14.8 Å². The molecule has 2 rings (SSSR count). The summed E-state index contributed by atoms with van der Waals surface area (Å²) in [5.41, 5.74) is 0.121. The first-order chi connectivity index (χ1) is 8.74. The Balaban J connectivity index is 1.78. The second-order valence-electron chi connectivity index (χ2n) is 5.78. The van der Waals surface area contributed by atoms with Gasteiger partial charge in [-0.1, -0.05) is 19.3 Å². The molecule has 1 aromatic rings. The Kier molecular flexibility index (Phi) is 4.84. The molecule has 3 nitrogen and oxygen atoms in total. The van der Waals surface area contributed by atoms with Gasteiger partial charge in [-0.05, 0) is 31.9 Å². The smallest absolute Gasteiger partial charge is 0.105 e. The van der Waals surface area contributed by atoms with E-state index in [0.717, 1.165) is 31.6 Å². The SMILES string of the molecule is CC(Cc1ccco1)NCC1(CO)CCCCC1. The predicted molar refractivity (Wildman–Crippen MR) is 72.5 cm³/mol. The summed E-state index contributed by atoms with van der Waals surface area (Å²) in [5, 5.41) is 13.2. The topological polar surface area (TPSA) is 45.4 Å². The van der Waals surface area contributed by atoms with Crippen LogP contribution < -0.4 is 5.32 Å². The minimum Gasteiger partial charge on any atom is -0.469 e.